The van der Waals surface area contributed by atoms with Gasteiger partial charge in [-0.3, -0.25) is 4.79 Å². The van der Waals surface area contributed by atoms with Gasteiger partial charge in [0.15, 0.2) is 5.75 Å². The second-order valence-corrected chi connectivity index (χ2v) is 5.47. The van der Waals surface area contributed by atoms with Gasteiger partial charge in [0.05, 0.1) is 24.6 Å². The number of halogens is 3. The minimum absolute atomic E-state index is 0.0492. The van der Waals surface area contributed by atoms with Crippen LogP contribution in [0.5, 0.6) is 5.75 Å². The molecule has 0 saturated carbocycles. The molecule has 1 heterocycles. The van der Waals surface area contributed by atoms with Crippen molar-refractivity contribution < 1.29 is 32.6 Å². The van der Waals surface area contributed by atoms with Crippen LogP contribution in [0.1, 0.15) is 16.7 Å². The van der Waals surface area contributed by atoms with E-state index in [-0.39, 0.29) is 28.9 Å². The Hall–Kier alpha value is -2.78. The fourth-order valence-electron chi connectivity index (χ4n) is 2.59. The smallest absolute Gasteiger partial charge is 0.416 e. The highest BCUT2D eigenvalue weighted by atomic mass is 19.4. The van der Waals surface area contributed by atoms with Crippen LogP contribution in [0.2, 0.25) is 0 Å². The molecule has 9 heteroatoms. The summed E-state index contributed by atoms with van der Waals surface area (Å²) in [5.74, 6) is -0.334. The molecule has 0 fully saturated rings. The van der Waals surface area contributed by atoms with Crippen LogP contribution in [-0.4, -0.2) is 17.0 Å². The number of benzene rings is 2. The Balaban J connectivity index is 2.04. The quantitative estimate of drug-likeness (QED) is 0.551. The molecular formula is C17H14F3NO5. The topological polar surface area (TPSA) is 73.8 Å². The predicted molar refractivity (Wildman–Crippen MR) is 84.5 cm³/mol. The summed E-state index contributed by atoms with van der Waals surface area (Å²) in [6.45, 7) is -0.517. The van der Waals surface area contributed by atoms with Gasteiger partial charge in [0.1, 0.15) is 6.61 Å². The summed E-state index contributed by atoms with van der Waals surface area (Å²) in [5.41, 5.74) is -1.45. The van der Waals surface area contributed by atoms with E-state index in [2.05, 4.69) is 4.89 Å². The minimum atomic E-state index is -4.56. The van der Waals surface area contributed by atoms with Gasteiger partial charge in [-0.15, -0.1) is 0 Å². The average molecular weight is 369 g/mol. The van der Waals surface area contributed by atoms with E-state index in [1.807, 2.05) is 0 Å². The number of hydrogen-bond donors (Lipinski definition) is 1. The van der Waals surface area contributed by atoms with Crippen molar-refractivity contribution in [3.05, 3.63) is 63.4 Å². The maximum Gasteiger partial charge on any atom is 0.416 e. The first-order chi connectivity index (χ1) is 12.3. The van der Waals surface area contributed by atoms with Crippen molar-refractivity contribution in [2.45, 2.75) is 19.3 Å². The first kappa shape index (κ1) is 18.0. The molecule has 0 unspecified atom stereocenters. The average Bonchev–Trinajstić information content (AvgIpc) is 2.91. The van der Waals surface area contributed by atoms with Gasteiger partial charge in [0.2, 0.25) is 5.58 Å². The lowest BCUT2D eigenvalue weighted by molar-refractivity contribution is -0.282. The maximum atomic E-state index is 13.1. The number of phenolic OH excluding ortho intramolecular Hbond substituents is 1. The van der Waals surface area contributed by atoms with Gasteiger partial charge in [0, 0.05) is 5.56 Å². The molecule has 1 aromatic heterocycles. The Bertz CT molecular complexity index is 990. The zero-order chi connectivity index (χ0) is 18.9. The highest BCUT2D eigenvalue weighted by Crippen LogP contribution is 2.33. The Kier molecular flexibility index (Phi) is 4.75. The predicted octanol–water partition coefficient (Wildman–Crippen LogP) is 3.45. The van der Waals surface area contributed by atoms with Crippen LogP contribution < -0.4 is 5.56 Å². The van der Waals surface area contributed by atoms with Crippen molar-refractivity contribution >= 4 is 11.0 Å². The maximum absolute atomic E-state index is 13.1. The van der Waals surface area contributed by atoms with Gasteiger partial charge in [-0.1, -0.05) is 24.3 Å². The van der Waals surface area contributed by atoms with E-state index in [1.54, 1.807) is 0 Å². The van der Waals surface area contributed by atoms with E-state index >= 15 is 0 Å². The van der Waals surface area contributed by atoms with E-state index in [0.717, 1.165) is 10.8 Å². The van der Waals surface area contributed by atoms with Crippen LogP contribution in [0.15, 0.2) is 45.7 Å². The summed E-state index contributed by atoms with van der Waals surface area (Å²) in [6.07, 6.45) is -4.56. The van der Waals surface area contributed by atoms with E-state index in [0.29, 0.717) is 5.56 Å². The third-order valence-electron chi connectivity index (χ3n) is 3.84. The van der Waals surface area contributed by atoms with Crippen LogP contribution in [0.25, 0.3) is 11.0 Å². The summed E-state index contributed by atoms with van der Waals surface area (Å²) in [4.78, 5) is 21.6. The zero-order valence-corrected chi connectivity index (χ0v) is 13.5. The normalized spacial score (nSPS) is 12.0. The fraction of sp³-hybridized carbons (Fsp3) is 0.235. The number of aromatic nitrogens is 1. The van der Waals surface area contributed by atoms with Crippen molar-refractivity contribution in [1.82, 2.24) is 4.74 Å². The van der Waals surface area contributed by atoms with Crippen molar-refractivity contribution in [2.75, 3.05) is 7.11 Å². The fourth-order valence-corrected chi connectivity index (χ4v) is 2.59. The van der Waals surface area contributed by atoms with Gasteiger partial charge >= 0.3 is 6.18 Å². The number of rotatable bonds is 5. The molecule has 138 valence electrons. The molecule has 0 aliphatic rings. The third kappa shape index (κ3) is 3.31. The monoisotopic (exact) mass is 369 g/mol. The van der Waals surface area contributed by atoms with Gasteiger partial charge in [-0.2, -0.15) is 17.9 Å². The van der Waals surface area contributed by atoms with E-state index < -0.39 is 23.8 Å². The second-order valence-electron chi connectivity index (χ2n) is 5.47. The van der Waals surface area contributed by atoms with Crippen LogP contribution in [0, 0.1) is 0 Å². The highest BCUT2D eigenvalue weighted by molar-refractivity contribution is 5.83. The Morgan fingerprint density at radius 3 is 2.58 bits per heavy atom. The summed E-state index contributed by atoms with van der Waals surface area (Å²) < 4.78 is 45.4. The molecule has 6 nitrogen and oxygen atoms in total. The Morgan fingerprint density at radius 1 is 1.15 bits per heavy atom. The first-order valence-corrected chi connectivity index (χ1v) is 7.48. The second kappa shape index (κ2) is 6.85. The van der Waals surface area contributed by atoms with Crippen LogP contribution >= 0.6 is 0 Å². The van der Waals surface area contributed by atoms with Crippen molar-refractivity contribution in [3.63, 3.8) is 0 Å². The SMILES string of the molecule is COOCc1ccc2c(=O)n(Cc3ccccc3C(F)(F)F)oc2c1O. The molecule has 0 aliphatic carbocycles. The first-order valence-electron chi connectivity index (χ1n) is 7.48. The van der Waals surface area contributed by atoms with Crippen molar-refractivity contribution in [2.24, 2.45) is 0 Å². The number of alkyl halides is 3. The summed E-state index contributed by atoms with van der Waals surface area (Å²) in [6, 6.07) is 7.75. The van der Waals surface area contributed by atoms with Gasteiger partial charge in [0.25, 0.3) is 5.56 Å². The summed E-state index contributed by atoms with van der Waals surface area (Å²) in [5, 5.41) is 10.3. The molecule has 0 spiro atoms. The largest absolute Gasteiger partial charge is 0.504 e. The van der Waals surface area contributed by atoms with Crippen molar-refractivity contribution in [1.29, 1.82) is 0 Å². The molecule has 26 heavy (non-hydrogen) atoms. The van der Waals surface area contributed by atoms with Crippen LogP contribution in [0.4, 0.5) is 13.2 Å². The van der Waals surface area contributed by atoms with E-state index in [9.17, 15) is 23.1 Å². The highest BCUT2D eigenvalue weighted by Gasteiger charge is 2.33. The number of nitrogens with zero attached hydrogens (tertiary/aromatic N) is 1. The molecule has 3 rings (SSSR count). The van der Waals surface area contributed by atoms with Crippen LogP contribution in [-0.2, 0) is 29.1 Å². The third-order valence-corrected chi connectivity index (χ3v) is 3.84. The minimum Gasteiger partial charge on any atom is -0.504 e. The number of hydrogen-bond acceptors (Lipinski definition) is 5. The van der Waals surface area contributed by atoms with E-state index in [4.69, 9.17) is 9.41 Å². The standard InChI is InChI=1S/C17H14F3NO5/c1-24-25-9-11-6-7-12-15(14(11)22)26-21(16(12)23)8-10-4-2-3-5-13(10)17(18,19)20/h2-7,22H,8-9H2,1H3. The molecular weight excluding hydrogens is 355 g/mol. The van der Waals surface area contributed by atoms with Crippen molar-refractivity contribution in [3.8, 4) is 5.75 Å². The summed E-state index contributed by atoms with van der Waals surface area (Å²) >= 11 is 0. The number of phenols is 1. The lowest BCUT2D eigenvalue weighted by atomic mass is 10.1. The van der Waals surface area contributed by atoms with Gasteiger partial charge in [-0.25, -0.2) is 9.78 Å². The van der Waals surface area contributed by atoms with Crippen LogP contribution in [0.3, 0.4) is 0 Å². The molecule has 1 N–H and O–H groups in total. The molecule has 0 saturated heterocycles. The number of aromatic hydroxyl groups is 1. The summed E-state index contributed by atoms with van der Waals surface area (Å²) in [7, 11) is 1.30. The zero-order valence-electron chi connectivity index (χ0n) is 13.5. The van der Waals surface area contributed by atoms with Gasteiger partial charge in [-0.05, 0) is 17.7 Å². The molecule has 0 atom stereocenters. The Labute approximate surface area is 144 Å². The van der Waals surface area contributed by atoms with E-state index in [1.165, 1.54) is 37.4 Å². The molecule has 0 radical (unpaired) electrons. The molecule has 0 amide bonds. The van der Waals surface area contributed by atoms with Gasteiger partial charge < -0.3 is 9.63 Å². The molecule has 2 aromatic carbocycles. The lowest BCUT2D eigenvalue weighted by Gasteiger charge is -2.11. The molecule has 0 bridgehead atoms. The molecule has 0 aliphatic heterocycles. The number of fused-ring (bicyclic) bond motifs is 1. The lowest BCUT2D eigenvalue weighted by Crippen LogP contribution is -2.18. The Morgan fingerprint density at radius 2 is 1.88 bits per heavy atom. The molecule has 3 aromatic rings.